The highest BCUT2D eigenvalue weighted by molar-refractivity contribution is 5.89. The van der Waals surface area contributed by atoms with Crippen LogP contribution in [0.2, 0.25) is 0 Å². The van der Waals surface area contributed by atoms with Gasteiger partial charge in [0.25, 0.3) is 0 Å². The van der Waals surface area contributed by atoms with E-state index in [9.17, 15) is 15.0 Å². The maximum Gasteiger partial charge on any atom is 0.243 e. The minimum Gasteiger partial charge on any atom is -0.504 e. The molecule has 4 nitrogen and oxygen atoms in total. The van der Waals surface area contributed by atoms with E-state index in [1.54, 1.807) is 18.2 Å². The summed E-state index contributed by atoms with van der Waals surface area (Å²) in [5, 5.41) is 23.0. The van der Waals surface area contributed by atoms with E-state index in [1.165, 1.54) is 31.2 Å². The van der Waals surface area contributed by atoms with E-state index in [4.69, 9.17) is 0 Å². The first-order chi connectivity index (χ1) is 13.3. The third kappa shape index (κ3) is 2.39. The molecule has 1 aromatic carbocycles. The van der Waals surface area contributed by atoms with Gasteiger partial charge in [-0.2, -0.15) is 0 Å². The van der Waals surface area contributed by atoms with Crippen molar-refractivity contribution in [3.05, 3.63) is 35.9 Å². The van der Waals surface area contributed by atoms with Crippen LogP contribution in [-0.4, -0.2) is 22.2 Å². The fourth-order valence-electron chi connectivity index (χ4n) is 7.64. The van der Waals surface area contributed by atoms with Crippen LogP contribution in [0.4, 0.5) is 0 Å². The molecule has 0 aromatic heterocycles. The summed E-state index contributed by atoms with van der Waals surface area (Å²) in [5.74, 6) is 2.49. The van der Waals surface area contributed by atoms with E-state index >= 15 is 0 Å². The highest BCUT2D eigenvalue weighted by Crippen LogP contribution is 2.67. The van der Waals surface area contributed by atoms with Crippen LogP contribution in [0.1, 0.15) is 63.9 Å². The highest BCUT2D eigenvalue weighted by atomic mass is 16.3. The van der Waals surface area contributed by atoms with Gasteiger partial charge in [0, 0.05) is 11.5 Å². The van der Waals surface area contributed by atoms with Crippen molar-refractivity contribution in [3.63, 3.8) is 0 Å². The van der Waals surface area contributed by atoms with E-state index in [1.807, 2.05) is 6.07 Å². The Kier molecular flexibility index (Phi) is 3.88. The quantitative estimate of drug-likeness (QED) is 0.628. The molecule has 0 unspecified atom stereocenters. The minimum atomic E-state index is -0.0375. The van der Waals surface area contributed by atoms with Crippen molar-refractivity contribution < 1.29 is 15.0 Å². The summed E-state index contributed by atoms with van der Waals surface area (Å²) < 4.78 is 0. The second-order valence-electron chi connectivity index (χ2n) is 10.1. The van der Waals surface area contributed by atoms with Gasteiger partial charge in [-0.1, -0.05) is 26.0 Å². The van der Waals surface area contributed by atoms with Crippen molar-refractivity contribution in [2.45, 2.75) is 64.3 Å². The zero-order valence-corrected chi connectivity index (χ0v) is 16.8. The number of rotatable bonds is 1. The van der Waals surface area contributed by atoms with Gasteiger partial charge in [-0.25, -0.2) is 0 Å². The zero-order valence-electron chi connectivity index (χ0n) is 16.8. The van der Waals surface area contributed by atoms with Crippen LogP contribution < -0.4 is 5.32 Å². The molecule has 7 atom stereocenters. The summed E-state index contributed by atoms with van der Waals surface area (Å²) in [5.41, 5.74) is 1.49. The molecule has 28 heavy (non-hydrogen) atoms. The SMILES string of the molecule is C[C@]12C=CC(=O)N[C@@H]1CC[C@@H]1[C@@H]2CC[C@]2(C)[C@@H](c3ccc(O)c(O)c3)CC[C@@H]12. The van der Waals surface area contributed by atoms with Crippen LogP contribution in [0.5, 0.6) is 11.5 Å². The number of nitrogens with one attached hydrogen (secondary N) is 1. The van der Waals surface area contributed by atoms with Gasteiger partial charge in [-0.15, -0.1) is 0 Å². The van der Waals surface area contributed by atoms with Gasteiger partial charge in [0.2, 0.25) is 5.91 Å². The van der Waals surface area contributed by atoms with Crippen molar-refractivity contribution in [3.8, 4) is 11.5 Å². The highest BCUT2D eigenvalue weighted by Gasteiger charge is 2.59. The Morgan fingerprint density at radius 2 is 1.82 bits per heavy atom. The van der Waals surface area contributed by atoms with Crippen molar-refractivity contribution >= 4 is 5.91 Å². The lowest BCUT2D eigenvalue weighted by atomic mass is 9.47. The predicted molar refractivity (Wildman–Crippen MR) is 108 cm³/mol. The first-order valence-electron chi connectivity index (χ1n) is 10.8. The normalized spacial score (nSPS) is 44.4. The Balaban J connectivity index is 1.46. The lowest BCUT2D eigenvalue weighted by Gasteiger charge is -2.59. The molecule has 4 aliphatic rings. The predicted octanol–water partition coefficient (Wildman–Crippen LogP) is 4.48. The van der Waals surface area contributed by atoms with Gasteiger partial charge in [-0.05, 0) is 91.4 Å². The van der Waals surface area contributed by atoms with Crippen molar-refractivity contribution in [2.24, 2.45) is 28.6 Å². The third-order valence-electron chi connectivity index (χ3n) is 9.09. The molecule has 1 aromatic rings. The molecule has 1 heterocycles. The van der Waals surface area contributed by atoms with E-state index in [-0.39, 0.29) is 34.3 Å². The van der Waals surface area contributed by atoms with Gasteiger partial charge < -0.3 is 15.5 Å². The van der Waals surface area contributed by atoms with Crippen LogP contribution in [0.25, 0.3) is 0 Å². The Morgan fingerprint density at radius 1 is 1.00 bits per heavy atom. The Labute approximate surface area is 167 Å². The molecule has 0 bridgehead atoms. The van der Waals surface area contributed by atoms with E-state index in [0.29, 0.717) is 23.7 Å². The molecule has 3 saturated carbocycles. The summed E-state index contributed by atoms with van der Waals surface area (Å²) >= 11 is 0. The summed E-state index contributed by atoms with van der Waals surface area (Å²) in [4.78, 5) is 11.9. The maximum atomic E-state index is 11.9. The Hall–Kier alpha value is -1.97. The molecule has 5 rings (SSSR count). The topological polar surface area (TPSA) is 69.6 Å². The number of hydrogen-bond acceptors (Lipinski definition) is 3. The average molecular weight is 382 g/mol. The molecule has 4 heteroatoms. The van der Waals surface area contributed by atoms with Gasteiger partial charge in [0.1, 0.15) is 0 Å². The summed E-state index contributed by atoms with van der Waals surface area (Å²) in [6, 6.07) is 5.69. The average Bonchev–Trinajstić information content (AvgIpc) is 3.02. The van der Waals surface area contributed by atoms with Gasteiger partial charge in [0.05, 0.1) is 0 Å². The van der Waals surface area contributed by atoms with Crippen LogP contribution in [-0.2, 0) is 4.79 Å². The summed E-state index contributed by atoms with van der Waals surface area (Å²) in [7, 11) is 0. The number of carbonyl (C=O) groups excluding carboxylic acids is 1. The Bertz CT molecular complexity index is 848. The second-order valence-corrected chi connectivity index (χ2v) is 10.1. The van der Waals surface area contributed by atoms with E-state index in [0.717, 1.165) is 12.8 Å². The molecular weight excluding hydrogens is 350 g/mol. The summed E-state index contributed by atoms with van der Waals surface area (Å²) in [6.07, 6.45) is 11.0. The molecule has 0 spiro atoms. The molecule has 1 aliphatic heterocycles. The number of carbonyl (C=O) groups is 1. The fraction of sp³-hybridized carbons (Fsp3) is 0.625. The second kappa shape index (κ2) is 6.01. The molecule has 1 amide bonds. The number of amides is 1. The van der Waals surface area contributed by atoms with Crippen molar-refractivity contribution in [2.75, 3.05) is 0 Å². The molecule has 3 fully saturated rings. The third-order valence-corrected chi connectivity index (χ3v) is 9.09. The number of hydrogen-bond donors (Lipinski definition) is 3. The van der Waals surface area contributed by atoms with Crippen molar-refractivity contribution in [1.29, 1.82) is 0 Å². The number of aromatic hydroxyl groups is 2. The van der Waals surface area contributed by atoms with E-state index in [2.05, 4.69) is 25.2 Å². The minimum absolute atomic E-state index is 0.00524. The van der Waals surface area contributed by atoms with Crippen molar-refractivity contribution in [1.82, 2.24) is 5.32 Å². The maximum absolute atomic E-state index is 11.9. The van der Waals surface area contributed by atoms with Crippen LogP contribution in [0, 0.1) is 28.6 Å². The largest absolute Gasteiger partial charge is 0.504 e. The van der Waals surface area contributed by atoms with Crippen LogP contribution >= 0.6 is 0 Å². The standard InChI is InChI=1S/C24H31NO3/c1-23-11-9-18-15(4-8-21-24(18,2)12-10-22(28)25-21)17(23)6-5-16(23)14-3-7-19(26)20(27)13-14/h3,7,10,12-13,15-18,21,26-27H,4-6,8-9,11H2,1-2H3,(H,25,28)/t15-,16+,17-,18-,21+,23+,24+/m0/s1. The lowest BCUT2D eigenvalue weighted by molar-refractivity contribution is -0.122. The fourth-order valence-corrected chi connectivity index (χ4v) is 7.64. The van der Waals surface area contributed by atoms with Crippen LogP contribution in [0.3, 0.4) is 0 Å². The zero-order chi connectivity index (χ0) is 19.7. The number of phenolic OH excluding ortho intramolecular Hbond substituents is 2. The number of phenols is 2. The monoisotopic (exact) mass is 381 g/mol. The first kappa shape index (κ1) is 18.1. The van der Waals surface area contributed by atoms with Gasteiger partial charge in [0.15, 0.2) is 11.5 Å². The molecule has 0 radical (unpaired) electrons. The smallest absolute Gasteiger partial charge is 0.243 e. The first-order valence-corrected chi connectivity index (χ1v) is 10.8. The van der Waals surface area contributed by atoms with Gasteiger partial charge in [-0.3, -0.25) is 4.79 Å². The van der Waals surface area contributed by atoms with Gasteiger partial charge >= 0.3 is 0 Å². The number of fused-ring (bicyclic) bond motifs is 5. The lowest BCUT2D eigenvalue weighted by Crippen LogP contribution is -2.59. The Morgan fingerprint density at radius 3 is 2.61 bits per heavy atom. The molecular formula is C24H31NO3. The molecule has 3 N–H and O–H groups in total. The summed E-state index contributed by atoms with van der Waals surface area (Å²) in [6.45, 7) is 4.82. The van der Waals surface area contributed by atoms with E-state index < -0.39 is 0 Å². The number of benzene rings is 1. The molecule has 3 aliphatic carbocycles. The molecule has 150 valence electrons. The van der Waals surface area contributed by atoms with Crippen LogP contribution in [0.15, 0.2) is 30.4 Å². The molecule has 0 saturated heterocycles.